The van der Waals surface area contributed by atoms with E-state index in [1.54, 1.807) is 0 Å². The van der Waals surface area contributed by atoms with Gasteiger partial charge in [-0.1, -0.05) is 73.5 Å². The second-order valence-electron chi connectivity index (χ2n) is 6.66. The summed E-state index contributed by atoms with van der Waals surface area (Å²) in [7, 11) is 0. The van der Waals surface area contributed by atoms with Gasteiger partial charge in [0.2, 0.25) is 0 Å². The van der Waals surface area contributed by atoms with Crippen LogP contribution in [0.1, 0.15) is 30.5 Å². The Morgan fingerprint density at radius 1 is 0.760 bits per heavy atom. The first-order valence-electron chi connectivity index (χ1n) is 9.09. The summed E-state index contributed by atoms with van der Waals surface area (Å²) >= 11 is 1.91. The van der Waals surface area contributed by atoms with Crippen molar-refractivity contribution in [2.45, 2.75) is 34.2 Å². The highest BCUT2D eigenvalue weighted by atomic mass is 32.1. The molecule has 1 nitrogen and oxygen atoms in total. The van der Waals surface area contributed by atoms with E-state index in [2.05, 4.69) is 87.2 Å². The van der Waals surface area contributed by atoms with Crippen molar-refractivity contribution in [3.8, 4) is 20.9 Å². The minimum absolute atomic E-state index is 1.01. The quantitative estimate of drug-likeness (QED) is 0.488. The van der Waals surface area contributed by atoms with Gasteiger partial charge in [0.1, 0.15) is 0 Å². The molecule has 2 aromatic carbocycles. The third-order valence-electron chi connectivity index (χ3n) is 4.75. The lowest BCUT2D eigenvalue weighted by atomic mass is 10.1. The van der Waals surface area contributed by atoms with Gasteiger partial charge in [-0.25, -0.2) is 0 Å². The third-order valence-corrected chi connectivity index (χ3v) is 6.02. The molecular formula is C23H27NS. The minimum Gasteiger partial charge on any atom is -0.300 e. The molecule has 0 bridgehead atoms. The monoisotopic (exact) mass is 349 g/mol. The van der Waals surface area contributed by atoms with E-state index in [4.69, 9.17) is 0 Å². The molecule has 3 rings (SSSR count). The molecule has 1 aromatic heterocycles. The molecule has 0 amide bonds. The van der Waals surface area contributed by atoms with Crippen LogP contribution in [0.4, 0.5) is 0 Å². The van der Waals surface area contributed by atoms with E-state index in [9.17, 15) is 0 Å². The maximum absolute atomic E-state index is 2.48. The largest absolute Gasteiger partial charge is 0.300 e. The number of hydrogen-bond donors (Lipinski definition) is 0. The second kappa shape index (κ2) is 7.99. The van der Waals surface area contributed by atoms with Crippen LogP contribution in [-0.2, 0) is 6.54 Å². The molecule has 0 aliphatic carbocycles. The van der Waals surface area contributed by atoms with Crippen LogP contribution in [0, 0.1) is 13.8 Å². The summed E-state index contributed by atoms with van der Waals surface area (Å²) < 4.78 is 0. The smallest absolute Gasteiger partial charge is 0.0394 e. The maximum Gasteiger partial charge on any atom is 0.0394 e. The van der Waals surface area contributed by atoms with Crippen molar-refractivity contribution in [2.24, 2.45) is 0 Å². The summed E-state index contributed by atoms with van der Waals surface area (Å²) in [5.74, 6) is 0. The summed E-state index contributed by atoms with van der Waals surface area (Å²) in [6.45, 7) is 11.9. The standard InChI is InChI=1S/C23H27NS/c1-5-24(6-2)16-21-15-22(19-11-7-17(3)8-12-19)25-23(21)20-13-9-18(4)10-14-20/h7-15H,5-6,16H2,1-4H3. The van der Waals surface area contributed by atoms with Crippen LogP contribution >= 0.6 is 11.3 Å². The van der Waals surface area contributed by atoms with Crippen molar-refractivity contribution < 1.29 is 0 Å². The van der Waals surface area contributed by atoms with Crippen molar-refractivity contribution in [1.29, 1.82) is 0 Å². The first-order chi connectivity index (χ1) is 12.1. The van der Waals surface area contributed by atoms with Gasteiger partial charge in [-0.05, 0) is 49.7 Å². The molecule has 0 saturated heterocycles. The highest BCUT2D eigenvalue weighted by Crippen LogP contribution is 2.39. The van der Waals surface area contributed by atoms with Gasteiger partial charge in [0, 0.05) is 16.3 Å². The molecule has 130 valence electrons. The topological polar surface area (TPSA) is 3.24 Å². The molecule has 0 radical (unpaired) electrons. The summed E-state index contributed by atoms with van der Waals surface area (Å²) in [5.41, 5.74) is 6.70. The number of aryl methyl sites for hydroxylation is 2. The molecule has 0 aliphatic heterocycles. The van der Waals surface area contributed by atoms with E-state index in [1.165, 1.54) is 37.6 Å². The Morgan fingerprint density at radius 3 is 1.80 bits per heavy atom. The van der Waals surface area contributed by atoms with Crippen LogP contribution in [0.15, 0.2) is 54.6 Å². The Morgan fingerprint density at radius 2 is 1.28 bits per heavy atom. The van der Waals surface area contributed by atoms with Crippen LogP contribution in [-0.4, -0.2) is 18.0 Å². The van der Waals surface area contributed by atoms with Gasteiger partial charge in [-0.2, -0.15) is 0 Å². The van der Waals surface area contributed by atoms with Crippen molar-refractivity contribution >= 4 is 11.3 Å². The first-order valence-corrected chi connectivity index (χ1v) is 9.91. The van der Waals surface area contributed by atoms with Crippen LogP contribution in [0.3, 0.4) is 0 Å². The lowest BCUT2D eigenvalue weighted by molar-refractivity contribution is 0.296. The fourth-order valence-corrected chi connectivity index (χ4v) is 4.23. The Kier molecular flexibility index (Phi) is 5.72. The molecule has 0 spiro atoms. The van der Waals surface area contributed by atoms with E-state index in [-0.39, 0.29) is 0 Å². The van der Waals surface area contributed by atoms with Gasteiger partial charge in [0.15, 0.2) is 0 Å². The normalized spacial score (nSPS) is 11.2. The van der Waals surface area contributed by atoms with Gasteiger partial charge in [0.25, 0.3) is 0 Å². The number of benzene rings is 2. The molecule has 25 heavy (non-hydrogen) atoms. The zero-order chi connectivity index (χ0) is 17.8. The molecule has 0 saturated carbocycles. The molecule has 0 N–H and O–H groups in total. The molecule has 2 heteroatoms. The van der Waals surface area contributed by atoms with Crippen molar-refractivity contribution in [1.82, 2.24) is 4.90 Å². The predicted molar refractivity (Wildman–Crippen MR) is 111 cm³/mol. The molecule has 0 unspecified atom stereocenters. The minimum atomic E-state index is 1.01. The summed E-state index contributed by atoms with van der Waals surface area (Å²) in [6, 6.07) is 20.2. The number of nitrogens with zero attached hydrogens (tertiary/aromatic N) is 1. The average molecular weight is 350 g/mol. The fraction of sp³-hybridized carbons (Fsp3) is 0.304. The van der Waals surface area contributed by atoms with Gasteiger partial charge in [0.05, 0.1) is 0 Å². The number of rotatable bonds is 6. The van der Waals surface area contributed by atoms with Crippen LogP contribution in [0.25, 0.3) is 20.9 Å². The fourth-order valence-electron chi connectivity index (χ4n) is 3.04. The highest BCUT2D eigenvalue weighted by Gasteiger charge is 2.14. The second-order valence-corrected chi connectivity index (χ2v) is 7.71. The van der Waals surface area contributed by atoms with E-state index in [0.29, 0.717) is 0 Å². The maximum atomic E-state index is 2.48. The van der Waals surface area contributed by atoms with Gasteiger partial charge < -0.3 is 0 Å². The van der Waals surface area contributed by atoms with E-state index >= 15 is 0 Å². The van der Waals surface area contributed by atoms with Gasteiger partial charge in [-0.15, -0.1) is 11.3 Å². The zero-order valence-electron chi connectivity index (χ0n) is 15.7. The molecule has 3 aromatic rings. The van der Waals surface area contributed by atoms with Crippen LogP contribution < -0.4 is 0 Å². The van der Waals surface area contributed by atoms with Crippen molar-refractivity contribution in [3.63, 3.8) is 0 Å². The summed E-state index contributed by atoms with van der Waals surface area (Å²) in [5, 5.41) is 0. The molecule has 0 aliphatic rings. The Balaban J connectivity index is 2.04. The van der Waals surface area contributed by atoms with E-state index < -0.39 is 0 Å². The molecular weight excluding hydrogens is 322 g/mol. The van der Waals surface area contributed by atoms with Gasteiger partial charge >= 0.3 is 0 Å². The lowest BCUT2D eigenvalue weighted by Crippen LogP contribution is -2.22. The van der Waals surface area contributed by atoms with Gasteiger partial charge in [-0.3, -0.25) is 4.90 Å². The Hall–Kier alpha value is -1.90. The number of hydrogen-bond acceptors (Lipinski definition) is 2. The van der Waals surface area contributed by atoms with Crippen LogP contribution in [0.5, 0.6) is 0 Å². The third kappa shape index (κ3) is 4.20. The SMILES string of the molecule is CCN(CC)Cc1cc(-c2ccc(C)cc2)sc1-c1ccc(C)cc1. The van der Waals surface area contributed by atoms with E-state index in [0.717, 1.165) is 19.6 Å². The Labute approximate surface area is 156 Å². The predicted octanol–water partition coefficient (Wildman–Crippen LogP) is 6.54. The van der Waals surface area contributed by atoms with Crippen molar-refractivity contribution in [2.75, 3.05) is 13.1 Å². The van der Waals surface area contributed by atoms with E-state index in [1.807, 2.05) is 11.3 Å². The van der Waals surface area contributed by atoms with Crippen molar-refractivity contribution in [3.05, 3.63) is 71.3 Å². The highest BCUT2D eigenvalue weighted by molar-refractivity contribution is 7.19. The molecule has 0 atom stereocenters. The summed E-state index contributed by atoms with van der Waals surface area (Å²) in [4.78, 5) is 5.25. The molecule has 0 fully saturated rings. The zero-order valence-corrected chi connectivity index (χ0v) is 16.5. The average Bonchev–Trinajstić information content (AvgIpc) is 3.04. The van der Waals surface area contributed by atoms with Crippen LogP contribution in [0.2, 0.25) is 0 Å². The lowest BCUT2D eigenvalue weighted by Gasteiger charge is -2.18. The first kappa shape index (κ1) is 17.9. The number of thiophene rings is 1. The molecule has 1 heterocycles. The summed E-state index contributed by atoms with van der Waals surface area (Å²) in [6.07, 6.45) is 0. The Bertz CT molecular complexity index is 808.